The largest absolute Gasteiger partial charge is 0.469 e. The van der Waals surface area contributed by atoms with Crippen LogP contribution < -0.4 is 5.32 Å². The van der Waals surface area contributed by atoms with Crippen LogP contribution in [0.15, 0.2) is 30.3 Å². The van der Waals surface area contributed by atoms with E-state index < -0.39 is 17.0 Å². The molecule has 141 valence electrons. The van der Waals surface area contributed by atoms with E-state index in [9.17, 15) is 10.0 Å². The number of benzene rings is 1. The maximum atomic E-state index is 12.8. The molecule has 1 fully saturated rings. The van der Waals surface area contributed by atoms with Crippen LogP contribution in [0.25, 0.3) is 0 Å². The summed E-state index contributed by atoms with van der Waals surface area (Å²) in [5.74, 6) is -0.867. The molecule has 1 aromatic carbocycles. The summed E-state index contributed by atoms with van der Waals surface area (Å²) in [6.45, 7) is 9.58. The van der Waals surface area contributed by atoms with Gasteiger partial charge < -0.3 is 10.1 Å². The number of nitrogens with zero attached hydrogens (tertiary/aromatic N) is 1. The molecule has 3 atom stereocenters. The van der Waals surface area contributed by atoms with Gasteiger partial charge in [0.05, 0.1) is 18.6 Å². The fourth-order valence-electron chi connectivity index (χ4n) is 4.03. The lowest BCUT2D eigenvalue weighted by molar-refractivity contribution is -0.304. The van der Waals surface area contributed by atoms with Crippen molar-refractivity contribution in [2.24, 2.45) is 5.92 Å². The number of piperidine rings is 1. The molecule has 2 rings (SSSR count). The Morgan fingerprint density at radius 1 is 1.24 bits per heavy atom. The highest BCUT2D eigenvalue weighted by atomic mass is 35.5. The number of nitrogens with one attached hydrogen (secondary N) is 1. The minimum absolute atomic E-state index is 0. The zero-order valence-corrected chi connectivity index (χ0v) is 16.7. The van der Waals surface area contributed by atoms with Crippen molar-refractivity contribution in [3.05, 3.63) is 35.9 Å². The van der Waals surface area contributed by atoms with Crippen molar-refractivity contribution >= 4 is 18.4 Å². The molecule has 5 nitrogen and oxygen atoms in total. The van der Waals surface area contributed by atoms with Crippen LogP contribution in [0.5, 0.6) is 0 Å². The number of halogens is 1. The number of esters is 1. The van der Waals surface area contributed by atoms with Crippen molar-refractivity contribution in [1.29, 1.82) is 0 Å². The Labute approximate surface area is 157 Å². The fourth-order valence-corrected chi connectivity index (χ4v) is 4.03. The van der Waals surface area contributed by atoms with Crippen LogP contribution in [-0.2, 0) is 14.7 Å². The van der Waals surface area contributed by atoms with Crippen molar-refractivity contribution < 1.29 is 14.7 Å². The lowest BCUT2D eigenvalue weighted by atomic mass is 9.70. The SMILES string of the molecule is COC(=O)[C@H]1[C@H](N[C@H](C)c2ccccc2)CC(C)(C)N([O])C1(C)C.Cl. The van der Waals surface area contributed by atoms with Gasteiger partial charge in [-0.05, 0) is 46.6 Å². The summed E-state index contributed by atoms with van der Waals surface area (Å²) in [6.07, 6.45) is 0.580. The third kappa shape index (κ3) is 4.34. The maximum Gasteiger partial charge on any atom is 0.312 e. The average molecular weight is 370 g/mol. The zero-order chi connectivity index (χ0) is 18.1. The van der Waals surface area contributed by atoms with Crippen molar-refractivity contribution in [1.82, 2.24) is 10.4 Å². The maximum absolute atomic E-state index is 12.8. The third-order valence-electron chi connectivity index (χ3n) is 5.17. The molecule has 1 N–H and O–H groups in total. The number of ether oxygens (including phenoxy) is 1. The summed E-state index contributed by atoms with van der Waals surface area (Å²) in [5, 5.41) is 17.4. The minimum atomic E-state index is -0.844. The number of rotatable bonds is 4. The second-order valence-electron chi connectivity index (χ2n) is 7.87. The first-order valence-electron chi connectivity index (χ1n) is 8.47. The van der Waals surface area contributed by atoms with Crippen LogP contribution >= 0.6 is 12.4 Å². The summed E-state index contributed by atoms with van der Waals surface area (Å²) >= 11 is 0. The van der Waals surface area contributed by atoms with E-state index in [0.29, 0.717) is 6.42 Å². The van der Waals surface area contributed by atoms with Gasteiger partial charge in [0, 0.05) is 17.6 Å². The monoisotopic (exact) mass is 369 g/mol. The standard InChI is InChI=1S/C19H29N2O3.ClH/c1-13(14-10-8-7-9-11-14)20-15-12-18(2,3)21(23)19(4,5)16(15)17(22)24-6;/h7-11,13,15-16,20H,12H2,1-6H3;1H/t13-,15-,16-;/m1./s1. The quantitative estimate of drug-likeness (QED) is 0.825. The predicted octanol–water partition coefficient (Wildman–Crippen LogP) is 3.53. The number of carbonyl (C=O) groups is 1. The summed E-state index contributed by atoms with van der Waals surface area (Å²) in [6, 6.07) is 10.0. The highest BCUT2D eigenvalue weighted by Crippen LogP contribution is 2.42. The van der Waals surface area contributed by atoms with Crippen molar-refractivity contribution in [2.75, 3.05) is 7.11 Å². The summed E-state index contributed by atoms with van der Waals surface area (Å²) in [4.78, 5) is 12.4. The van der Waals surface area contributed by atoms with Gasteiger partial charge in [-0.25, -0.2) is 0 Å². The molecule has 0 aliphatic carbocycles. The van der Waals surface area contributed by atoms with Crippen molar-refractivity contribution in [3.63, 3.8) is 0 Å². The molecule has 0 bridgehead atoms. The molecule has 1 aliphatic rings. The van der Waals surface area contributed by atoms with Gasteiger partial charge in [0.1, 0.15) is 0 Å². The Morgan fingerprint density at radius 3 is 2.32 bits per heavy atom. The van der Waals surface area contributed by atoms with E-state index in [4.69, 9.17) is 4.74 Å². The highest BCUT2D eigenvalue weighted by molar-refractivity contribution is 5.85. The topological polar surface area (TPSA) is 61.5 Å². The molecule has 1 aliphatic heterocycles. The molecular weight excluding hydrogens is 340 g/mol. The van der Waals surface area contributed by atoms with E-state index in [1.807, 2.05) is 45.9 Å². The van der Waals surface area contributed by atoms with Gasteiger partial charge in [0.15, 0.2) is 0 Å². The molecule has 6 heteroatoms. The molecule has 0 aromatic heterocycles. The van der Waals surface area contributed by atoms with Crippen LogP contribution in [0, 0.1) is 5.92 Å². The number of hydroxylamine groups is 2. The number of carbonyl (C=O) groups excluding carboxylic acids is 1. The first-order valence-corrected chi connectivity index (χ1v) is 8.47. The number of methoxy groups -OCH3 is 1. The Balaban J connectivity index is 0.00000312. The fraction of sp³-hybridized carbons (Fsp3) is 0.632. The van der Waals surface area contributed by atoms with E-state index in [1.165, 1.54) is 7.11 Å². The minimum Gasteiger partial charge on any atom is -0.469 e. The predicted molar refractivity (Wildman–Crippen MR) is 99.8 cm³/mol. The summed E-state index contributed by atoms with van der Waals surface area (Å²) in [7, 11) is 1.38. The van der Waals surface area contributed by atoms with Gasteiger partial charge in [-0.3, -0.25) is 4.79 Å². The molecule has 1 saturated heterocycles. The van der Waals surface area contributed by atoms with Crippen LogP contribution in [0.3, 0.4) is 0 Å². The zero-order valence-electron chi connectivity index (χ0n) is 15.9. The Morgan fingerprint density at radius 2 is 1.80 bits per heavy atom. The Hall–Kier alpha value is -1.14. The van der Waals surface area contributed by atoms with Gasteiger partial charge in [0.2, 0.25) is 0 Å². The lowest BCUT2D eigenvalue weighted by Gasteiger charge is -2.54. The summed E-state index contributed by atoms with van der Waals surface area (Å²) in [5.41, 5.74) is -0.244. The van der Waals surface area contributed by atoms with Gasteiger partial charge in [-0.1, -0.05) is 30.3 Å². The highest BCUT2D eigenvalue weighted by Gasteiger charge is 2.56. The van der Waals surface area contributed by atoms with Gasteiger partial charge in [-0.15, -0.1) is 22.7 Å². The van der Waals surface area contributed by atoms with Crippen LogP contribution in [0.2, 0.25) is 0 Å². The molecular formula is C19H30ClN2O3. The van der Waals surface area contributed by atoms with Crippen LogP contribution in [0.1, 0.15) is 52.6 Å². The van der Waals surface area contributed by atoms with Gasteiger partial charge >= 0.3 is 5.97 Å². The first kappa shape index (κ1) is 21.9. The molecule has 25 heavy (non-hydrogen) atoms. The third-order valence-corrected chi connectivity index (χ3v) is 5.17. The molecule has 0 spiro atoms. The van der Waals surface area contributed by atoms with E-state index >= 15 is 0 Å². The molecule has 0 saturated carbocycles. The van der Waals surface area contributed by atoms with Gasteiger partial charge in [-0.2, -0.15) is 0 Å². The van der Waals surface area contributed by atoms with E-state index in [0.717, 1.165) is 10.6 Å². The number of hydrogen-bond donors (Lipinski definition) is 1. The second-order valence-corrected chi connectivity index (χ2v) is 7.87. The molecule has 1 heterocycles. The Bertz CT molecular complexity index is 577. The van der Waals surface area contributed by atoms with Crippen molar-refractivity contribution in [2.45, 2.75) is 64.2 Å². The summed E-state index contributed by atoms with van der Waals surface area (Å²) < 4.78 is 5.01. The Kier molecular flexibility index (Phi) is 7.04. The van der Waals surface area contributed by atoms with Crippen molar-refractivity contribution in [3.8, 4) is 0 Å². The average Bonchev–Trinajstić information content (AvgIpc) is 2.53. The number of hydrogen-bond acceptors (Lipinski definition) is 4. The van der Waals surface area contributed by atoms with E-state index in [2.05, 4.69) is 24.4 Å². The second kappa shape index (κ2) is 8.04. The lowest BCUT2D eigenvalue weighted by Crippen LogP contribution is -2.69. The van der Waals surface area contributed by atoms with Crippen LogP contribution in [0.4, 0.5) is 0 Å². The van der Waals surface area contributed by atoms with E-state index in [1.54, 1.807) is 0 Å². The molecule has 0 amide bonds. The normalized spacial score (nSPS) is 26.4. The van der Waals surface area contributed by atoms with Crippen LogP contribution in [-0.4, -0.2) is 35.3 Å². The van der Waals surface area contributed by atoms with E-state index in [-0.39, 0.29) is 30.5 Å². The molecule has 1 aromatic rings. The first-order chi connectivity index (χ1) is 11.1. The van der Waals surface area contributed by atoms with Gasteiger partial charge in [0.25, 0.3) is 0 Å². The molecule has 1 radical (unpaired) electrons. The smallest absolute Gasteiger partial charge is 0.312 e. The molecule has 0 unspecified atom stereocenters.